The largest absolute Gasteiger partial charge is 0.484 e. The normalized spacial score (nSPS) is 14.1. The number of likely N-dealkylation sites (N-methyl/N-ethyl adjacent to an activating group) is 1. The number of nitrogens with zero attached hydrogens (tertiary/aromatic N) is 1. The summed E-state index contributed by atoms with van der Waals surface area (Å²) in [5, 5.41) is 0. The lowest BCUT2D eigenvalue weighted by Crippen LogP contribution is -2.30. The Balaban J connectivity index is 1.88. The monoisotopic (exact) mass is 260 g/mol. The van der Waals surface area contributed by atoms with Gasteiger partial charge in [-0.3, -0.25) is 4.79 Å². The fourth-order valence-electron chi connectivity index (χ4n) is 2.12. The second kappa shape index (κ2) is 6.38. The Morgan fingerprint density at radius 3 is 3.00 bits per heavy atom. The molecule has 1 amide bonds. The van der Waals surface area contributed by atoms with Crippen molar-refractivity contribution >= 4 is 5.91 Å². The van der Waals surface area contributed by atoms with Crippen molar-refractivity contribution in [2.45, 2.75) is 25.8 Å². The molecular formula is C15H20N2O2. The van der Waals surface area contributed by atoms with Gasteiger partial charge in [-0.25, -0.2) is 0 Å². The van der Waals surface area contributed by atoms with Crippen molar-refractivity contribution in [2.24, 2.45) is 5.73 Å². The fraction of sp³-hybridized carbons (Fsp3) is 0.400. The smallest absolute Gasteiger partial charge is 0.264 e. The molecule has 1 aromatic rings. The molecule has 0 saturated heterocycles. The van der Waals surface area contributed by atoms with Crippen molar-refractivity contribution < 1.29 is 9.53 Å². The van der Waals surface area contributed by atoms with Crippen LogP contribution in [0.2, 0.25) is 0 Å². The van der Waals surface area contributed by atoms with E-state index in [0.29, 0.717) is 12.3 Å². The number of amides is 1. The maximum absolute atomic E-state index is 12.0. The Kier molecular flexibility index (Phi) is 4.58. The van der Waals surface area contributed by atoms with Gasteiger partial charge in [0.25, 0.3) is 5.91 Å². The molecule has 0 unspecified atom stereocenters. The summed E-state index contributed by atoms with van der Waals surface area (Å²) in [5.74, 6) is 0.663. The fourth-order valence-corrected chi connectivity index (χ4v) is 2.12. The average molecular weight is 260 g/mol. The second-order valence-electron chi connectivity index (χ2n) is 4.68. The number of carbonyl (C=O) groups is 1. The van der Waals surface area contributed by atoms with Gasteiger partial charge in [-0.1, -0.05) is 18.2 Å². The van der Waals surface area contributed by atoms with Crippen LogP contribution in [0.4, 0.5) is 0 Å². The molecule has 0 spiro atoms. The van der Waals surface area contributed by atoms with Crippen molar-refractivity contribution in [3.63, 3.8) is 0 Å². The minimum Gasteiger partial charge on any atom is -0.484 e. The van der Waals surface area contributed by atoms with E-state index in [9.17, 15) is 4.79 Å². The highest BCUT2D eigenvalue weighted by Crippen LogP contribution is 2.20. The van der Waals surface area contributed by atoms with Gasteiger partial charge >= 0.3 is 0 Å². The topological polar surface area (TPSA) is 55.6 Å². The molecule has 2 N–H and O–H groups in total. The first-order chi connectivity index (χ1) is 9.20. The van der Waals surface area contributed by atoms with Gasteiger partial charge in [0.2, 0.25) is 0 Å². The van der Waals surface area contributed by atoms with E-state index in [4.69, 9.17) is 10.5 Å². The zero-order valence-corrected chi connectivity index (χ0v) is 11.3. The van der Waals surface area contributed by atoms with Crippen LogP contribution in [0.15, 0.2) is 36.0 Å². The van der Waals surface area contributed by atoms with Crippen LogP contribution >= 0.6 is 0 Å². The molecule has 0 aliphatic heterocycles. The third-order valence-corrected chi connectivity index (χ3v) is 3.32. The maximum Gasteiger partial charge on any atom is 0.264 e. The predicted molar refractivity (Wildman–Crippen MR) is 74.5 cm³/mol. The molecule has 2 rings (SSSR count). The molecule has 0 fully saturated rings. The molecule has 1 aromatic carbocycles. The van der Waals surface area contributed by atoms with Crippen molar-refractivity contribution in [1.82, 2.24) is 4.90 Å². The highest BCUT2D eigenvalue weighted by Gasteiger charge is 2.16. The molecule has 1 aliphatic rings. The zero-order valence-electron chi connectivity index (χ0n) is 11.3. The number of benzene rings is 1. The number of carbonyl (C=O) groups excluding carboxylic acids is 1. The number of rotatable bonds is 5. The summed E-state index contributed by atoms with van der Waals surface area (Å²) >= 11 is 0. The highest BCUT2D eigenvalue weighted by atomic mass is 16.5. The summed E-state index contributed by atoms with van der Waals surface area (Å²) < 4.78 is 5.52. The minimum atomic E-state index is -0.0219. The van der Waals surface area contributed by atoms with Crippen molar-refractivity contribution in [3.8, 4) is 5.75 Å². The minimum absolute atomic E-state index is 0.0219. The molecule has 0 atom stereocenters. The van der Waals surface area contributed by atoms with Crippen LogP contribution in [0.1, 0.15) is 24.8 Å². The molecule has 0 saturated carbocycles. The molecule has 1 aliphatic carbocycles. The quantitative estimate of drug-likeness (QED) is 0.881. The van der Waals surface area contributed by atoms with E-state index in [1.54, 1.807) is 11.9 Å². The molecule has 4 nitrogen and oxygen atoms in total. The van der Waals surface area contributed by atoms with Crippen LogP contribution < -0.4 is 10.5 Å². The van der Waals surface area contributed by atoms with Crippen LogP contribution in [-0.4, -0.2) is 24.5 Å². The Morgan fingerprint density at radius 1 is 1.47 bits per heavy atom. The molecule has 102 valence electrons. The summed E-state index contributed by atoms with van der Waals surface area (Å²) in [6, 6.07) is 7.51. The van der Waals surface area contributed by atoms with Crippen molar-refractivity contribution in [3.05, 3.63) is 41.6 Å². The van der Waals surface area contributed by atoms with E-state index in [0.717, 1.165) is 30.5 Å². The lowest BCUT2D eigenvalue weighted by Gasteiger charge is -2.18. The van der Waals surface area contributed by atoms with Crippen LogP contribution in [0, 0.1) is 0 Å². The number of hydrogen-bond acceptors (Lipinski definition) is 3. The third-order valence-electron chi connectivity index (χ3n) is 3.32. The van der Waals surface area contributed by atoms with Crippen molar-refractivity contribution in [2.75, 3.05) is 13.7 Å². The van der Waals surface area contributed by atoms with Crippen LogP contribution in [0.25, 0.3) is 0 Å². The van der Waals surface area contributed by atoms with E-state index >= 15 is 0 Å². The molecule has 0 radical (unpaired) electrons. The van der Waals surface area contributed by atoms with Gasteiger partial charge in [0.1, 0.15) is 5.75 Å². The Bertz CT molecular complexity index is 483. The lowest BCUT2D eigenvalue weighted by molar-refractivity contribution is -0.130. The summed E-state index contributed by atoms with van der Waals surface area (Å²) in [4.78, 5) is 13.7. The van der Waals surface area contributed by atoms with Crippen LogP contribution in [0.5, 0.6) is 5.75 Å². The standard InChI is InChI=1S/C15H20N2O2/c1-17(13-6-2-3-7-13)15(18)11-19-14-8-4-5-12(9-14)10-16/h4-6,8-9H,2-3,7,10-11,16H2,1H3. The summed E-state index contributed by atoms with van der Waals surface area (Å²) in [6.45, 7) is 0.528. The molecule has 4 heteroatoms. The predicted octanol–water partition coefficient (Wildman–Crippen LogP) is 2.05. The number of nitrogens with two attached hydrogens (primary N) is 1. The Hall–Kier alpha value is -1.81. The molecule has 0 bridgehead atoms. The van der Waals surface area contributed by atoms with E-state index in [-0.39, 0.29) is 12.5 Å². The van der Waals surface area contributed by atoms with E-state index in [2.05, 4.69) is 6.08 Å². The lowest BCUT2D eigenvalue weighted by atomic mass is 10.2. The molecule has 19 heavy (non-hydrogen) atoms. The van der Waals surface area contributed by atoms with Gasteiger partial charge < -0.3 is 15.4 Å². The van der Waals surface area contributed by atoms with Crippen molar-refractivity contribution in [1.29, 1.82) is 0 Å². The first-order valence-corrected chi connectivity index (χ1v) is 6.58. The number of hydrogen-bond donors (Lipinski definition) is 1. The van der Waals surface area contributed by atoms with Gasteiger partial charge in [0.15, 0.2) is 6.61 Å². The first kappa shape index (κ1) is 13.6. The number of allylic oxidation sites excluding steroid dienone is 2. The van der Waals surface area contributed by atoms with Crippen LogP contribution in [0.3, 0.4) is 0 Å². The molecule has 0 aromatic heterocycles. The SMILES string of the molecule is CN(C(=O)COc1cccc(CN)c1)C1=CCCC1. The Morgan fingerprint density at radius 2 is 2.32 bits per heavy atom. The number of ether oxygens (including phenoxy) is 1. The Labute approximate surface area is 113 Å². The molecule has 0 heterocycles. The highest BCUT2D eigenvalue weighted by molar-refractivity contribution is 5.79. The van der Waals surface area contributed by atoms with Gasteiger partial charge in [-0.2, -0.15) is 0 Å². The average Bonchev–Trinajstić information content (AvgIpc) is 2.98. The summed E-state index contributed by atoms with van der Waals surface area (Å²) in [5.41, 5.74) is 7.67. The summed E-state index contributed by atoms with van der Waals surface area (Å²) in [7, 11) is 1.80. The van der Waals surface area contributed by atoms with Crippen LogP contribution in [-0.2, 0) is 11.3 Å². The van der Waals surface area contributed by atoms with E-state index in [1.807, 2.05) is 24.3 Å². The van der Waals surface area contributed by atoms with Gasteiger partial charge in [-0.05, 0) is 37.0 Å². The maximum atomic E-state index is 12.0. The van der Waals surface area contributed by atoms with Gasteiger partial charge in [-0.15, -0.1) is 0 Å². The zero-order chi connectivity index (χ0) is 13.7. The second-order valence-corrected chi connectivity index (χ2v) is 4.68. The third kappa shape index (κ3) is 3.58. The molecular weight excluding hydrogens is 240 g/mol. The van der Waals surface area contributed by atoms with E-state index in [1.165, 1.54) is 0 Å². The van der Waals surface area contributed by atoms with Gasteiger partial charge in [0, 0.05) is 19.3 Å². The summed E-state index contributed by atoms with van der Waals surface area (Å²) in [6.07, 6.45) is 5.29. The van der Waals surface area contributed by atoms with E-state index < -0.39 is 0 Å². The van der Waals surface area contributed by atoms with Gasteiger partial charge in [0.05, 0.1) is 0 Å². The first-order valence-electron chi connectivity index (χ1n) is 6.58.